The maximum atomic E-state index is 14.6. The van der Waals surface area contributed by atoms with Gasteiger partial charge in [0, 0.05) is 31.1 Å². The second-order valence-corrected chi connectivity index (χ2v) is 9.05. The van der Waals surface area contributed by atoms with Gasteiger partial charge >= 0.3 is 0 Å². The number of rotatable bonds is 5. The fourth-order valence-corrected chi connectivity index (χ4v) is 5.09. The molecule has 1 saturated heterocycles. The van der Waals surface area contributed by atoms with Gasteiger partial charge in [-0.05, 0) is 49.4 Å². The van der Waals surface area contributed by atoms with Gasteiger partial charge in [0.1, 0.15) is 12.4 Å². The zero-order chi connectivity index (χ0) is 23.5. The highest BCUT2D eigenvalue weighted by molar-refractivity contribution is 5.97. The van der Waals surface area contributed by atoms with E-state index in [0.29, 0.717) is 37.2 Å². The monoisotopic (exact) mass is 454 g/mol. The number of hydrogen-bond donors (Lipinski definition) is 1. The number of nitrogens with one attached hydrogen (secondary N) is 1. The number of H-pyrrole nitrogens is 1. The Balaban J connectivity index is 1.50. The fourth-order valence-electron chi connectivity index (χ4n) is 5.09. The zero-order valence-corrected chi connectivity index (χ0v) is 19.3. The molecule has 0 unspecified atom stereocenters. The summed E-state index contributed by atoms with van der Waals surface area (Å²) in [5, 5.41) is 6.68. The first kappa shape index (κ1) is 23.1. The van der Waals surface area contributed by atoms with E-state index >= 15 is 0 Å². The highest BCUT2D eigenvalue weighted by atomic mass is 19.1. The second kappa shape index (κ2) is 9.85. The summed E-state index contributed by atoms with van der Waals surface area (Å²) < 4.78 is 14.6. The van der Waals surface area contributed by atoms with E-state index < -0.39 is 11.7 Å². The molecular formula is C25H31FN4O3. The van der Waals surface area contributed by atoms with Crippen LogP contribution in [-0.2, 0) is 17.6 Å². The van der Waals surface area contributed by atoms with E-state index in [0.717, 1.165) is 36.8 Å². The summed E-state index contributed by atoms with van der Waals surface area (Å²) in [5.41, 5.74) is 2.65. The molecule has 1 aliphatic carbocycles. The van der Waals surface area contributed by atoms with Crippen molar-refractivity contribution in [1.29, 1.82) is 0 Å². The predicted molar refractivity (Wildman–Crippen MR) is 123 cm³/mol. The molecule has 7 nitrogen and oxygen atoms in total. The van der Waals surface area contributed by atoms with Crippen LogP contribution in [0.3, 0.4) is 0 Å². The van der Waals surface area contributed by atoms with Crippen molar-refractivity contribution in [2.45, 2.75) is 64.8 Å². The Hall–Kier alpha value is -3.03. The highest BCUT2D eigenvalue weighted by Crippen LogP contribution is 2.25. The molecule has 2 heterocycles. The summed E-state index contributed by atoms with van der Waals surface area (Å²) in [6, 6.07) is 4.72. The topological polar surface area (TPSA) is 86.4 Å². The third kappa shape index (κ3) is 4.84. The number of aromatic amines is 1. The van der Waals surface area contributed by atoms with Crippen LogP contribution in [0.1, 0.15) is 71.8 Å². The number of piperazine rings is 1. The minimum absolute atomic E-state index is 0.0142. The standard InChI is InChI=1S/C25H31FN4O3/c1-3-19-16(2)24(32)28-27-22(19)14-17-9-10-21(26)20(13-17)25(33)29-11-12-30(23(31)15-29)18-7-5-4-6-8-18/h9-10,13,18H,3-8,11-12,14-15H2,1-2H3,(H,28,32). The minimum Gasteiger partial charge on any atom is -0.336 e. The van der Waals surface area contributed by atoms with Crippen molar-refractivity contribution < 1.29 is 14.0 Å². The summed E-state index contributed by atoms with van der Waals surface area (Å²) in [6.07, 6.45) is 6.56. The molecule has 1 aromatic heterocycles. The lowest BCUT2D eigenvalue weighted by atomic mass is 9.93. The van der Waals surface area contributed by atoms with Gasteiger partial charge in [0.25, 0.3) is 11.5 Å². The minimum atomic E-state index is -0.604. The maximum Gasteiger partial charge on any atom is 0.267 e. The van der Waals surface area contributed by atoms with Gasteiger partial charge in [0.15, 0.2) is 0 Å². The molecule has 1 aromatic carbocycles. The van der Waals surface area contributed by atoms with E-state index in [4.69, 9.17) is 0 Å². The third-order valence-electron chi connectivity index (χ3n) is 6.98. The van der Waals surface area contributed by atoms with E-state index in [1.165, 1.54) is 23.5 Å². The van der Waals surface area contributed by atoms with Crippen molar-refractivity contribution in [3.05, 3.63) is 62.3 Å². The third-order valence-corrected chi connectivity index (χ3v) is 6.98. The molecule has 0 bridgehead atoms. The van der Waals surface area contributed by atoms with Crippen LogP contribution in [0.15, 0.2) is 23.0 Å². The SMILES string of the molecule is CCc1c(Cc2ccc(F)c(C(=O)N3CCN(C4CCCCC4)C(=O)C3)c2)n[nH]c(=O)c1C. The second-order valence-electron chi connectivity index (χ2n) is 9.05. The highest BCUT2D eigenvalue weighted by Gasteiger charge is 2.33. The van der Waals surface area contributed by atoms with Gasteiger partial charge in [0.2, 0.25) is 5.91 Å². The Morgan fingerprint density at radius 3 is 2.64 bits per heavy atom. The summed E-state index contributed by atoms with van der Waals surface area (Å²) in [6.45, 7) is 4.60. The van der Waals surface area contributed by atoms with Crippen molar-refractivity contribution in [3.63, 3.8) is 0 Å². The summed E-state index contributed by atoms with van der Waals surface area (Å²) in [4.78, 5) is 41.1. The molecule has 4 rings (SSSR count). The molecule has 1 aliphatic heterocycles. The number of carbonyl (C=O) groups excluding carboxylic acids is 2. The predicted octanol–water partition coefficient (Wildman–Crippen LogP) is 2.99. The van der Waals surface area contributed by atoms with Gasteiger partial charge < -0.3 is 9.80 Å². The first-order chi connectivity index (χ1) is 15.9. The van der Waals surface area contributed by atoms with Crippen molar-refractivity contribution in [2.24, 2.45) is 0 Å². The lowest BCUT2D eigenvalue weighted by molar-refractivity contribution is -0.138. The molecule has 33 heavy (non-hydrogen) atoms. The van der Waals surface area contributed by atoms with E-state index in [9.17, 15) is 18.8 Å². The Bertz CT molecular complexity index is 1110. The largest absolute Gasteiger partial charge is 0.336 e. The molecule has 0 radical (unpaired) electrons. The fraction of sp³-hybridized carbons (Fsp3) is 0.520. The Labute approximate surface area is 193 Å². The number of benzene rings is 1. The molecule has 2 fully saturated rings. The number of nitrogens with zero attached hydrogens (tertiary/aromatic N) is 3. The number of halogens is 1. The van der Waals surface area contributed by atoms with Gasteiger partial charge in [-0.3, -0.25) is 14.4 Å². The summed E-state index contributed by atoms with van der Waals surface area (Å²) >= 11 is 0. The van der Waals surface area contributed by atoms with Crippen LogP contribution < -0.4 is 5.56 Å². The smallest absolute Gasteiger partial charge is 0.267 e. The van der Waals surface area contributed by atoms with Crippen LogP contribution in [0.5, 0.6) is 0 Å². The van der Waals surface area contributed by atoms with Crippen LogP contribution in [0.4, 0.5) is 4.39 Å². The van der Waals surface area contributed by atoms with E-state index in [2.05, 4.69) is 10.2 Å². The zero-order valence-electron chi connectivity index (χ0n) is 19.3. The van der Waals surface area contributed by atoms with Crippen LogP contribution in [0.2, 0.25) is 0 Å². The Morgan fingerprint density at radius 2 is 1.94 bits per heavy atom. The van der Waals surface area contributed by atoms with E-state index in [-0.39, 0.29) is 29.6 Å². The quantitative estimate of drug-likeness (QED) is 0.753. The molecule has 8 heteroatoms. The molecule has 0 spiro atoms. The average molecular weight is 455 g/mol. The van der Waals surface area contributed by atoms with Gasteiger partial charge in [-0.25, -0.2) is 9.49 Å². The Morgan fingerprint density at radius 1 is 1.18 bits per heavy atom. The maximum absolute atomic E-state index is 14.6. The van der Waals surface area contributed by atoms with Crippen LogP contribution >= 0.6 is 0 Å². The van der Waals surface area contributed by atoms with Crippen molar-refractivity contribution in [3.8, 4) is 0 Å². The van der Waals surface area contributed by atoms with Crippen LogP contribution in [-0.4, -0.2) is 57.5 Å². The number of carbonyl (C=O) groups is 2. The Kier molecular flexibility index (Phi) is 6.91. The van der Waals surface area contributed by atoms with Crippen molar-refractivity contribution in [1.82, 2.24) is 20.0 Å². The molecule has 1 saturated carbocycles. The number of amides is 2. The molecular weight excluding hydrogens is 423 g/mol. The molecule has 176 valence electrons. The van der Waals surface area contributed by atoms with Gasteiger partial charge in [-0.1, -0.05) is 32.3 Å². The van der Waals surface area contributed by atoms with E-state index in [1.54, 1.807) is 13.0 Å². The lowest BCUT2D eigenvalue weighted by Crippen LogP contribution is -2.55. The summed E-state index contributed by atoms with van der Waals surface area (Å²) in [7, 11) is 0. The van der Waals surface area contributed by atoms with Gasteiger partial charge in [-0.15, -0.1) is 0 Å². The number of hydrogen-bond acceptors (Lipinski definition) is 4. The first-order valence-electron chi connectivity index (χ1n) is 11.8. The molecule has 2 aromatic rings. The normalized spacial score (nSPS) is 17.5. The first-order valence-corrected chi connectivity index (χ1v) is 11.8. The number of aromatic nitrogens is 2. The van der Waals surface area contributed by atoms with Crippen LogP contribution in [0, 0.1) is 12.7 Å². The average Bonchev–Trinajstić information content (AvgIpc) is 2.83. The van der Waals surface area contributed by atoms with Crippen LogP contribution in [0.25, 0.3) is 0 Å². The van der Waals surface area contributed by atoms with E-state index in [1.807, 2.05) is 11.8 Å². The van der Waals surface area contributed by atoms with Crippen molar-refractivity contribution >= 4 is 11.8 Å². The molecule has 2 amide bonds. The van der Waals surface area contributed by atoms with Crippen molar-refractivity contribution in [2.75, 3.05) is 19.6 Å². The summed E-state index contributed by atoms with van der Waals surface area (Å²) in [5.74, 6) is -1.13. The molecule has 2 aliphatic rings. The lowest BCUT2D eigenvalue weighted by Gasteiger charge is -2.40. The molecule has 1 N–H and O–H groups in total. The van der Waals surface area contributed by atoms with Gasteiger partial charge in [0.05, 0.1) is 11.3 Å². The van der Waals surface area contributed by atoms with Gasteiger partial charge in [-0.2, -0.15) is 5.10 Å². The molecule has 0 atom stereocenters.